The number of rotatable bonds is 3. The number of benzene rings is 6. The highest BCUT2D eigenvalue weighted by Crippen LogP contribution is 2.51. The molecular formula is C55H55BN2S2. The van der Waals surface area contributed by atoms with E-state index in [4.69, 9.17) is 0 Å². The van der Waals surface area contributed by atoms with Crippen LogP contribution in [0, 0.1) is 20.8 Å². The Morgan fingerprint density at radius 2 is 1.10 bits per heavy atom. The minimum absolute atomic E-state index is 0.00532. The predicted molar refractivity (Wildman–Crippen MR) is 267 cm³/mol. The van der Waals surface area contributed by atoms with E-state index in [9.17, 15) is 0 Å². The summed E-state index contributed by atoms with van der Waals surface area (Å²) in [6, 6.07) is 44.9. The molecule has 0 radical (unpaired) electrons. The number of hydrogen-bond donors (Lipinski definition) is 0. The molecule has 0 spiro atoms. The lowest BCUT2D eigenvalue weighted by Crippen LogP contribution is -2.61. The molecule has 0 amide bonds. The molecule has 0 atom stereocenters. The van der Waals surface area contributed by atoms with Crippen molar-refractivity contribution >= 4 is 99.4 Å². The normalized spacial score (nSPS) is 13.9. The molecule has 2 aliphatic rings. The summed E-state index contributed by atoms with van der Waals surface area (Å²) in [5, 5.41) is 4.02. The van der Waals surface area contributed by atoms with Crippen LogP contribution in [0.5, 0.6) is 0 Å². The van der Waals surface area contributed by atoms with Crippen LogP contribution in [0.15, 0.2) is 115 Å². The molecule has 0 aliphatic carbocycles. The predicted octanol–water partition coefficient (Wildman–Crippen LogP) is 14.7. The maximum absolute atomic E-state index is 2.66. The van der Waals surface area contributed by atoms with Gasteiger partial charge < -0.3 is 9.80 Å². The molecule has 0 fully saturated rings. The summed E-state index contributed by atoms with van der Waals surface area (Å²) in [5.41, 5.74) is 19.8. The van der Waals surface area contributed by atoms with Gasteiger partial charge in [0, 0.05) is 37.0 Å². The van der Waals surface area contributed by atoms with Gasteiger partial charge in [-0.25, -0.2) is 0 Å². The van der Waals surface area contributed by atoms with Gasteiger partial charge in [0.25, 0.3) is 6.71 Å². The summed E-state index contributed by atoms with van der Waals surface area (Å²) in [4.78, 5) is 6.55. The van der Waals surface area contributed by atoms with E-state index in [1.54, 1.807) is 0 Å². The van der Waals surface area contributed by atoms with Crippen molar-refractivity contribution in [3.05, 3.63) is 149 Å². The van der Waals surface area contributed by atoms with Gasteiger partial charge in [0.1, 0.15) is 0 Å². The van der Waals surface area contributed by atoms with Crippen molar-refractivity contribution in [3.8, 4) is 10.4 Å². The Morgan fingerprint density at radius 3 is 1.75 bits per heavy atom. The molecule has 0 unspecified atom stereocenters. The molecular weight excluding hydrogens is 764 g/mol. The first-order valence-corrected chi connectivity index (χ1v) is 23.2. The lowest BCUT2D eigenvalue weighted by molar-refractivity contribution is 0.590. The van der Waals surface area contributed by atoms with Gasteiger partial charge in [0.05, 0.1) is 10.7 Å². The van der Waals surface area contributed by atoms with Crippen LogP contribution in [0.4, 0.5) is 33.4 Å². The SMILES string of the molecule is Cc1cc2c3c(c1)N(c1c(C)cc(-c4cc5ccccc5s4)cc1C)c1sc4ccc(C(C)(C)C)cc4c1B3c1cc(C(C)(C)C)ccc1N2c1ccc(C(C)(C)C)cc1. The van der Waals surface area contributed by atoms with Gasteiger partial charge in [-0.05, 0) is 164 Å². The van der Waals surface area contributed by atoms with E-state index in [1.165, 1.54) is 114 Å². The first kappa shape index (κ1) is 39.1. The molecule has 4 heterocycles. The van der Waals surface area contributed by atoms with Gasteiger partial charge in [-0.3, -0.25) is 0 Å². The second-order valence-corrected chi connectivity index (χ2v) is 22.6. The zero-order valence-electron chi connectivity index (χ0n) is 37.3. The summed E-state index contributed by atoms with van der Waals surface area (Å²) in [5.74, 6) is 0. The Balaban J connectivity index is 1.29. The monoisotopic (exact) mass is 818 g/mol. The molecule has 2 nitrogen and oxygen atoms in total. The lowest BCUT2D eigenvalue weighted by atomic mass is 9.33. The summed E-state index contributed by atoms with van der Waals surface area (Å²) >= 11 is 3.85. The van der Waals surface area contributed by atoms with E-state index in [0.29, 0.717) is 0 Å². The fraction of sp³-hybridized carbons (Fsp3) is 0.273. The van der Waals surface area contributed by atoms with Gasteiger partial charge >= 0.3 is 0 Å². The summed E-state index contributed by atoms with van der Waals surface area (Å²) in [7, 11) is 0. The topological polar surface area (TPSA) is 6.48 Å². The number of anilines is 6. The van der Waals surface area contributed by atoms with E-state index >= 15 is 0 Å². The van der Waals surface area contributed by atoms with E-state index < -0.39 is 0 Å². The van der Waals surface area contributed by atoms with Crippen LogP contribution in [0.3, 0.4) is 0 Å². The van der Waals surface area contributed by atoms with Crippen LogP contribution in [0.1, 0.15) is 95.7 Å². The largest absolute Gasteiger partial charge is 0.311 e. The fourth-order valence-electron chi connectivity index (χ4n) is 9.78. The molecule has 300 valence electrons. The molecule has 0 saturated heterocycles. The highest BCUT2D eigenvalue weighted by atomic mass is 32.1. The van der Waals surface area contributed by atoms with Crippen molar-refractivity contribution in [1.82, 2.24) is 0 Å². The number of thiophene rings is 2. The molecule has 0 N–H and O–H groups in total. The first-order valence-electron chi connectivity index (χ1n) is 21.5. The van der Waals surface area contributed by atoms with Crippen molar-refractivity contribution in [3.63, 3.8) is 0 Å². The summed E-state index contributed by atoms with van der Waals surface area (Å²) in [6.07, 6.45) is 0. The average Bonchev–Trinajstić information content (AvgIpc) is 3.79. The number of hydrogen-bond acceptors (Lipinski definition) is 4. The molecule has 2 aromatic heterocycles. The highest BCUT2D eigenvalue weighted by Gasteiger charge is 2.46. The van der Waals surface area contributed by atoms with E-state index in [-0.39, 0.29) is 23.0 Å². The van der Waals surface area contributed by atoms with E-state index in [0.717, 1.165) is 0 Å². The Kier molecular flexibility index (Phi) is 8.76. The highest BCUT2D eigenvalue weighted by molar-refractivity contribution is 7.26. The maximum atomic E-state index is 2.66. The third kappa shape index (κ3) is 6.18. The molecule has 60 heavy (non-hydrogen) atoms. The van der Waals surface area contributed by atoms with Gasteiger partial charge in [-0.1, -0.05) is 117 Å². The Hall–Kier alpha value is -5.10. The molecule has 10 rings (SSSR count). The van der Waals surface area contributed by atoms with Crippen LogP contribution in [0.2, 0.25) is 0 Å². The fourth-order valence-corrected chi connectivity index (χ4v) is 12.1. The van der Waals surface area contributed by atoms with Crippen LogP contribution >= 0.6 is 22.7 Å². The van der Waals surface area contributed by atoms with Crippen molar-refractivity contribution in [2.45, 2.75) is 99.3 Å². The molecule has 5 heteroatoms. The average molecular weight is 819 g/mol. The molecule has 2 aliphatic heterocycles. The van der Waals surface area contributed by atoms with Crippen LogP contribution in [0.25, 0.3) is 30.6 Å². The standard InChI is InChI=1S/C55H55BN2S2/c1-32-25-44-50-45(26-32)58(51-33(2)27-36(28-34(51)3)48-29-35-15-13-14-16-46(35)59-48)52-49(41-30-38(54(7,8)9)20-24-47(41)60-52)56(50)42-31-39(55(10,11)12)19-23-43(42)57(44)40-21-17-37(18-22-40)53(4,5)6/h13-31H,1-12H3. The zero-order chi connectivity index (χ0) is 42.2. The van der Waals surface area contributed by atoms with Crippen molar-refractivity contribution in [1.29, 1.82) is 0 Å². The Morgan fingerprint density at radius 1 is 0.500 bits per heavy atom. The first-order chi connectivity index (χ1) is 28.4. The number of aryl methyl sites for hydroxylation is 3. The Bertz CT molecular complexity index is 2980. The minimum atomic E-state index is -0.00532. The molecule has 0 bridgehead atoms. The second-order valence-electron chi connectivity index (χ2n) is 20.5. The zero-order valence-corrected chi connectivity index (χ0v) is 38.9. The number of nitrogens with zero attached hydrogens (tertiary/aromatic N) is 2. The molecule has 6 aromatic carbocycles. The van der Waals surface area contributed by atoms with Gasteiger partial charge in [-0.15, -0.1) is 22.7 Å². The van der Waals surface area contributed by atoms with Gasteiger partial charge in [0.2, 0.25) is 0 Å². The summed E-state index contributed by atoms with van der Waals surface area (Å²) < 4.78 is 2.67. The smallest absolute Gasteiger partial charge is 0.254 e. The molecule has 8 aromatic rings. The van der Waals surface area contributed by atoms with Crippen LogP contribution in [-0.4, -0.2) is 6.71 Å². The van der Waals surface area contributed by atoms with Crippen molar-refractivity contribution in [2.24, 2.45) is 0 Å². The van der Waals surface area contributed by atoms with Crippen molar-refractivity contribution < 1.29 is 0 Å². The van der Waals surface area contributed by atoms with E-state index in [1.807, 2.05) is 22.7 Å². The third-order valence-electron chi connectivity index (χ3n) is 13.0. The molecule has 0 saturated carbocycles. The quantitative estimate of drug-likeness (QED) is 0.164. The minimum Gasteiger partial charge on any atom is -0.311 e. The van der Waals surface area contributed by atoms with Gasteiger partial charge in [0.15, 0.2) is 0 Å². The van der Waals surface area contributed by atoms with Crippen molar-refractivity contribution in [2.75, 3.05) is 9.80 Å². The van der Waals surface area contributed by atoms with Crippen LogP contribution < -0.4 is 26.2 Å². The Labute approximate surface area is 365 Å². The van der Waals surface area contributed by atoms with E-state index in [2.05, 4.69) is 208 Å². The van der Waals surface area contributed by atoms with Gasteiger partial charge in [-0.2, -0.15) is 0 Å². The third-order valence-corrected chi connectivity index (χ3v) is 15.3. The van der Waals surface area contributed by atoms with Crippen LogP contribution in [-0.2, 0) is 16.2 Å². The second kappa shape index (κ2) is 13.5. The number of fused-ring (bicyclic) bond motifs is 7. The summed E-state index contributed by atoms with van der Waals surface area (Å²) in [6.45, 7) is 28.0. The lowest BCUT2D eigenvalue weighted by Gasteiger charge is -2.44. The maximum Gasteiger partial charge on any atom is 0.254 e.